The zero-order valence-corrected chi connectivity index (χ0v) is 9.62. The fraction of sp³-hybridized carbons (Fsp3) is 0.154. The zero-order valence-electron chi connectivity index (χ0n) is 9.62. The van der Waals surface area contributed by atoms with Gasteiger partial charge in [-0.05, 0) is 42.3 Å². The summed E-state index contributed by atoms with van der Waals surface area (Å²) >= 11 is 0. The number of pyridine rings is 1. The first kappa shape index (κ1) is 12.4. The van der Waals surface area contributed by atoms with Crippen LogP contribution in [0.4, 0.5) is 19.0 Å². The number of alkyl halides is 3. The fourth-order valence-corrected chi connectivity index (χ4v) is 1.73. The molecule has 94 valence electrons. The fourth-order valence-electron chi connectivity index (χ4n) is 1.73. The maximum Gasteiger partial charge on any atom is 0.416 e. The van der Waals surface area contributed by atoms with Crippen LogP contribution in [-0.2, 0) is 6.18 Å². The Bertz CT molecular complexity index is 559. The van der Waals surface area contributed by atoms with Crippen LogP contribution in [0.15, 0.2) is 36.5 Å². The number of aromatic nitrogens is 1. The van der Waals surface area contributed by atoms with E-state index in [9.17, 15) is 13.2 Å². The van der Waals surface area contributed by atoms with Crippen LogP contribution in [0.1, 0.15) is 11.1 Å². The molecule has 0 aliphatic rings. The first-order valence-corrected chi connectivity index (χ1v) is 5.27. The highest BCUT2D eigenvalue weighted by molar-refractivity contribution is 5.67. The topological polar surface area (TPSA) is 38.9 Å². The van der Waals surface area contributed by atoms with Crippen LogP contribution in [-0.4, -0.2) is 4.98 Å². The number of nitrogen functional groups attached to an aromatic ring is 1. The Balaban J connectivity index is 2.45. The van der Waals surface area contributed by atoms with Crippen LogP contribution >= 0.6 is 0 Å². The smallest absolute Gasteiger partial charge is 0.384 e. The molecule has 2 aromatic rings. The Kier molecular flexibility index (Phi) is 2.98. The molecule has 0 radical (unpaired) electrons. The second kappa shape index (κ2) is 4.33. The predicted octanol–water partition coefficient (Wildman–Crippen LogP) is 3.66. The van der Waals surface area contributed by atoms with Crippen molar-refractivity contribution in [1.29, 1.82) is 0 Å². The van der Waals surface area contributed by atoms with Gasteiger partial charge in [-0.3, -0.25) is 0 Å². The van der Waals surface area contributed by atoms with Gasteiger partial charge in [-0.1, -0.05) is 6.07 Å². The van der Waals surface area contributed by atoms with Crippen molar-refractivity contribution in [3.05, 3.63) is 47.7 Å². The number of anilines is 1. The van der Waals surface area contributed by atoms with E-state index < -0.39 is 11.7 Å². The summed E-state index contributed by atoms with van der Waals surface area (Å²) in [5.41, 5.74) is 6.83. The first-order valence-electron chi connectivity index (χ1n) is 5.27. The lowest BCUT2D eigenvalue weighted by Gasteiger charge is -2.11. The molecule has 2 N–H and O–H groups in total. The van der Waals surface area contributed by atoms with Crippen molar-refractivity contribution in [2.45, 2.75) is 13.1 Å². The van der Waals surface area contributed by atoms with Crippen molar-refractivity contribution < 1.29 is 13.2 Å². The van der Waals surface area contributed by atoms with Crippen molar-refractivity contribution >= 4 is 5.82 Å². The summed E-state index contributed by atoms with van der Waals surface area (Å²) < 4.78 is 37.6. The van der Waals surface area contributed by atoms with Gasteiger partial charge in [-0.25, -0.2) is 4.98 Å². The second-order valence-corrected chi connectivity index (χ2v) is 4.00. The second-order valence-electron chi connectivity index (χ2n) is 4.00. The van der Waals surface area contributed by atoms with Gasteiger partial charge in [0, 0.05) is 11.8 Å². The van der Waals surface area contributed by atoms with Crippen molar-refractivity contribution in [3.8, 4) is 11.1 Å². The van der Waals surface area contributed by atoms with E-state index in [4.69, 9.17) is 5.73 Å². The summed E-state index contributed by atoms with van der Waals surface area (Å²) in [6.45, 7) is 1.64. The third kappa shape index (κ3) is 2.45. The predicted molar refractivity (Wildman–Crippen MR) is 63.8 cm³/mol. The summed E-state index contributed by atoms with van der Waals surface area (Å²) in [5, 5.41) is 0. The molecule has 0 saturated carbocycles. The van der Waals surface area contributed by atoms with Gasteiger partial charge in [0.25, 0.3) is 0 Å². The highest BCUT2D eigenvalue weighted by Crippen LogP contribution is 2.32. The highest BCUT2D eigenvalue weighted by atomic mass is 19.4. The highest BCUT2D eigenvalue weighted by Gasteiger charge is 2.30. The molecular formula is C13H11F3N2. The molecule has 1 aromatic heterocycles. The maximum atomic E-state index is 12.5. The number of nitrogens with zero attached hydrogens (tertiary/aromatic N) is 1. The quantitative estimate of drug-likeness (QED) is 0.841. The third-order valence-corrected chi connectivity index (χ3v) is 2.65. The number of aryl methyl sites for hydroxylation is 1. The monoisotopic (exact) mass is 252 g/mol. The van der Waals surface area contributed by atoms with Gasteiger partial charge in [0.15, 0.2) is 0 Å². The van der Waals surface area contributed by atoms with Gasteiger partial charge in [-0.2, -0.15) is 13.2 Å². The maximum absolute atomic E-state index is 12.5. The lowest BCUT2D eigenvalue weighted by molar-refractivity contribution is -0.137. The average molecular weight is 252 g/mol. The van der Waals surface area contributed by atoms with Gasteiger partial charge in [-0.15, -0.1) is 0 Å². The van der Waals surface area contributed by atoms with Crippen molar-refractivity contribution in [2.75, 3.05) is 5.73 Å². The molecule has 0 amide bonds. The Morgan fingerprint density at radius 3 is 2.33 bits per heavy atom. The van der Waals surface area contributed by atoms with E-state index in [2.05, 4.69) is 4.98 Å². The van der Waals surface area contributed by atoms with E-state index in [1.165, 1.54) is 6.07 Å². The van der Waals surface area contributed by atoms with Gasteiger partial charge >= 0.3 is 6.18 Å². The number of halogens is 3. The van der Waals surface area contributed by atoms with E-state index in [1.807, 2.05) is 0 Å². The molecule has 0 aliphatic heterocycles. The summed E-state index contributed by atoms with van der Waals surface area (Å²) in [4.78, 5) is 3.92. The summed E-state index contributed by atoms with van der Waals surface area (Å²) in [7, 11) is 0. The summed E-state index contributed by atoms with van der Waals surface area (Å²) in [5.74, 6) is 0.378. The molecule has 2 nitrogen and oxygen atoms in total. The average Bonchev–Trinajstić information content (AvgIpc) is 2.29. The Morgan fingerprint density at radius 2 is 1.83 bits per heavy atom. The number of hydrogen-bond acceptors (Lipinski definition) is 2. The molecule has 1 aromatic carbocycles. The van der Waals surface area contributed by atoms with Crippen LogP contribution in [0.5, 0.6) is 0 Å². The van der Waals surface area contributed by atoms with E-state index in [-0.39, 0.29) is 0 Å². The van der Waals surface area contributed by atoms with Crippen LogP contribution in [0.3, 0.4) is 0 Å². The minimum Gasteiger partial charge on any atom is -0.384 e. The normalized spacial score (nSPS) is 11.6. The summed E-state index contributed by atoms with van der Waals surface area (Å²) in [6, 6.07) is 7.00. The van der Waals surface area contributed by atoms with E-state index in [0.717, 1.165) is 23.3 Å². The molecule has 0 fully saturated rings. The molecule has 5 heteroatoms. The molecule has 0 spiro atoms. The number of rotatable bonds is 1. The lowest BCUT2D eigenvalue weighted by Crippen LogP contribution is -2.05. The first-order chi connectivity index (χ1) is 8.38. The standard InChI is InChI=1S/C13H11F3N2/c1-8-6-10(13(14,15)16)3-4-11(8)9-2-5-12(17)18-7-9/h2-7H,1H3,(H2,17,18). The molecular weight excluding hydrogens is 241 g/mol. The van der Waals surface area contributed by atoms with Gasteiger partial charge in [0.05, 0.1) is 5.56 Å². The van der Waals surface area contributed by atoms with Crippen molar-refractivity contribution in [1.82, 2.24) is 4.98 Å². The molecule has 0 unspecified atom stereocenters. The number of benzene rings is 1. The Morgan fingerprint density at radius 1 is 1.11 bits per heavy atom. The van der Waals surface area contributed by atoms with E-state index in [1.54, 1.807) is 25.3 Å². The molecule has 0 aliphatic carbocycles. The van der Waals surface area contributed by atoms with Gasteiger partial charge in [0.1, 0.15) is 5.82 Å². The minimum absolute atomic E-state index is 0.378. The molecule has 0 atom stereocenters. The van der Waals surface area contributed by atoms with Crippen LogP contribution in [0.2, 0.25) is 0 Å². The third-order valence-electron chi connectivity index (χ3n) is 2.65. The van der Waals surface area contributed by atoms with E-state index in [0.29, 0.717) is 11.4 Å². The largest absolute Gasteiger partial charge is 0.416 e. The van der Waals surface area contributed by atoms with Crippen LogP contribution in [0, 0.1) is 6.92 Å². The van der Waals surface area contributed by atoms with Crippen LogP contribution < -0.4 is 5.73 Å². The number of nitrogens with two attached hydrogens (primary N) is 1. The molecule has 18 heavy (non-hydrogen) atoms. The van der Waals surface area contributed by atoms with Gasteiger partial charge < -0.3 is 5.73 Å². The Labute approximate surface area is 102 Å². The Hall–Kier alpha value is -2.04. The SMILES string of the molecule is Cc1cc(C(F)(F)F)ccc1-c1ccc(N)nc1. The molecule has 0 saturated heterocycles. The van der Waals surface area contributed by atoms with Gasteiger partial charge in [0.2, 0.25) is 0 Å². The lowest BCUT2D eigenvalue weighted by atomic mass is 9.99. The zero-order chi connectivity index (χ0) is 13.3. The minimum atomic E-state index is -4.32. The van der Waals surface area contributed by atoms with Crippen molar-refractivity contribution in [3.63, 3.8) is 0 Å². The molecule has 2 rings (SSSR count). The molecule has 1 heterocycles. The van der Waals surface area contributed by atoms with E-state index >= 15 is 0 Å². The summed E-state index contributed by atoms with van der Waals surface area (Å²) in [6.07, 6.45) is -2.77. The molecule has 0 bridgehead atoms. The number of hydrogen-bond donors (Lipinski definition) is 1. The van der Waals surface area contributed by atoms with Crippen LogP contribution in [0.25, 0.3) is 11.1 Å². The van der Waals surface area contributed by atoms with Crippen molar-refractivity contribution in [2.24, 2.45) is 0 Å².